The maximum absolute atomic E-state index is 13.5. The van der Waals surface area contributed by atoms with Crippen molar-refractivity contribution in [2.24, 2.45) is 0 Å². The molecule has 0 radical (unpaired) electrons. The maximum Gasteiger partial charge on any atom is 0.407 e. The van der Waals surface area contributed by atoms with Gasteiger partial charge in [-0.15, -0.1) is 0 Å². The number of imide groups is 1. The molecule has 3 fully saturated rings. The third-order valence-electron chi connectivity index (χ3n) is 9.24. The highest BCUT2D eigenvalue weighted by Crippen LogP contribution is 2.32. The second-order valence-electron chi connectivity index (χ2n) is 13.8. The number of nitrogens with zero attached hydrogens (tertiary/aromatic N) is 3. The van der Waals surface area contributed by atoms with Crippen LogP contribution < -0.4 is 20.3 Å². The van der Waals surface area contributed by atoms with Crippen LogP contribution in [0.5, 0.6) is 5.75 Å². The summed E-state index contributed by atoms with van der Waals surface area (Å²) in [4.78, 5) is 53.1. The van der Waals surface area contributed by atoms with Gasteiger partial charge in [0.15, 0.2) is 0 Å². The minimum Gasteiger partial charge on any atom is -0.490 e. The molecule has 6 rings (SSSR count). The van der Waals surface area contributed by atoms with Gasteiger partial charge in [-0.25, -0.2) is 13.2 Å². The molecule has 0 aromatic heterocycles. The van der Waals surface area contributed by atoms with Gasteiger partial charge in [0.1, 0.15) is 23.5 Å². The van der Waals surface area contributed by atoms with Gasteiger partial charge >= 0.3 is 6.09 Å². The lowest BCUT2D eigenvalue weighted by Crippen LogP contribution is -2.52. The van der Waals surface area contributed by atoms with Crippen molar-refractivity contribution in [2.45, 2.75) is 94.5 Å². The van der Waals surface area contributed by atoms with Crippen LogP contribution in [0.3, 0.4) is 0 Å². The van der Waals surface area contributed by atoms with Gasteiger partial charge in [-0.05, 0) is 75.9 Å². The Morgan fingerprint density at radius 1 is 0.938 bits per heavy atom. The Morgan fingerprint density at radius 2 is 1.67 bits per heavy atom. The largest absolute Gasteiger partial charge is 0.490 e. The Hall–Kier alpha value is -4.17. The first kappa shape index (κ1) is 33.7. The van der Waals surface area contributed by atoms with E-state index < -0.39 is 33.7 Å². The lowest BCUT2D eigenvalue weighted by molar-refractivity contribution is -0.136. The van der Waals surface area contributed by atoms with E-state index in [1.807, 2.05) is 18.2 Å². The fraction of sp³-hybridized carbons (Fsp3) is 0.529. The normalized spacial score (nSPS) is 21.6. The fourth-order valence-corrected chi connectivity index (χ4v) is 8.26. The fourth-order valence-electron chi connectivity index (χ4n) is 6.75. The summed E-state index contributed by atoms with van der Waals surface area (Å²) in [6.45, 7) is 7.74. The van der Waals surface area contributed by atoms with E-state index in [9.17, 15) is 27.6 Å². The number of carbonyl (C=O) groups is 4. The van der Waals surface area contributed by atoms with Gasteiger partial charge in [-0.2, -0.15) is 4.31 Å². The number of fused-ring (bicyclic) bond motifs is 1. The summed E-state index contributed by atoms with van der Waals surface area (Å²) in [5.41, 5.74) is 1.83. The molecule has 4 amide bonds. The lowest BCUT2D eigenvalue weighted by atomic mass is 10.0. The molecule has 1 unspecified atom stereocenters. The number of anilines is 1. The minimum atomic E-state index is -3.74. The molecule has 2 aromatic carbocycles. The van der Waals surface area contributed by atoms with Gasteiger partial charge in [0.2, 0.25) is 21.8 Å². The quantitative estimate of drug-likeness (QED) is 0.420. The highest BCUT2D eigenvalue weighted by molar-refractivity contribution is 7.89. The van der Waals surface area contributed by atoms with E-state index in [1.54, 1.807) is 49.9 Å². The van der Waals surface area contributed by atoms with Gasteiger partial charge in [0, 0.05) is 75.3 Å². The summed E-state index contributed by atoms with van der Waals surface area (Å²) < 4.78 is 40.0. The molecule has 13 nitrogen and oxygen atoms in total. The Bertz CT molecular complexity index is 1690. The molecule has 4 heterocycles. The van der Waals surface area contributed by atoms with Crippen LogP contribution in [0, 0.1) is 0 Å². The average molecular weight is 682 g/mol. The molecule has 1 atom stereocenters. The van der Waals surface area contributed by atoms with Crippen molar-refractivity contribution in [1.29, 1.82) is 0 Å². The van der Waals surface area contributed by atoms with E-state index in [0.717, 1.165) is 37.2 Å². The molecule has 14 heteroatoms. The number of sulfonamides is 1. The first-order valence-corrected chi connectivity index (χ1v) is 18.0. The van der Waals surface area contributed by atoms with E-state index in [2.05, 4.69) is 15.5 Å². The molecular weight excluding hydrogens is 638 g/mol. The molecule has 2 aromatic rings. The predicted octanol–water partition coefficient (Wildman–Crippen LogP) is 3.17. The number of piperidine rings is 3. The van der Waals surface area contributed by atoms with Crippen molar-refractivity contribution in [3.8, 4) is 5.75 Å². The lowest BCUT2D eigenvalue weighted by Gasteiger charge is -2.34. The smallest absolute Gasteiger partial charge is 0.407 e. The van der Waals surface area contributed by atoms with Crippen molar-refractivity contribution >= 4 is 39.5 Å². The Balaban J connectivity index is 1.01. The van der Waals surface area contributed by atoms with E-state index in [1.165, 1.54) is 4.31 Å². The second-order valence-corrected chi connectivity index (χ2v) is 15.8. The van der Waals surface area contributed by atoms with Crippen molar-refractivity contribution < 1.29 is 37.1 Å². The molecule has 2 N–H and O–H groups in total. The number of rotatable bonds is 7. The van der Waals surface area contributed by atoms with E-state index in [-0.39, 0.29) is 48.4 Å². The van der Waals surface area contributed by atoms with Gasteiger partial charge < -0.3 is 24.6 Å². The molecule has 48 heavy (non-hydrogen) atoms. The summed E-state index contributed by atoms with van der Waals surface area (Å²) in [7, 11) is -3.74. The zero-order valence-corrected chi connectivity index (χ0v) is 28.4. The molecule has 4 aliphatic heterocycles. The highest BCUT2D eigenvalue weighted by Gasteiger charge is 2.39. The van der Waals surface area contributed by atoms with Crippen molar-refractivity contribution in [3.63, 3.8) is 0 Å². The molecule has 0 saturated carbocycles. The van der Waals surface area contributed by atoms with E-state index >= 15 is 0 Å². The van der Waals surface area contributed by atoms with Crippen LogP contribution in [0.1, 0.15) is 75.2 Å². The number of alkyl carbamates (subject to hydrolysis) is 1. The summed E-state index contributed by atoms with van der Waals surface area (Å²) in [6.07, 6.45) is 2.40. The molecule has 3 saturated heterocycles. The molecule has 258 valence electrons. The van der Waals surface area contributed by atoms with Gasteiger partial charge in [-0.3, -0.25) is 19.7 Å². The van der Waals surface area contributed by atoms with Crippen LogP contribution in [0.25, 0.3) is 0 Å². The Labute approximate surface area is 281 Å². The second kappa shape index (κ2) is 13.4. The summed E-state index contributed by atoms with van der Waals surface area (Å²) in [5.74, 6) is -0.425. The molecular formula is C34H43N5O8S. The molecule has 0 spiro atoms. The third kappa shape index (κ3) is 7.44. The number of hydrogen-bond donors (Lipinski definition) is 2. The SMILES string of the molecule is CC(C)(C)OC(=O)NC1CCN(S(=O)(=O)c2cccc(OC3CCN(c4ccc5c(c4)CN(C4CCC(=O)NC4=O)C5=O)CC3)c2)CC1. The van der Waals surface area contributed by atoms with Crippen molar-refractivity contribution in [3.05, 3.63) is 53.6 Å². The zero-order valence-electron chi connectivity index (χ0n) is 27.6. The molecule has 0 aliphatic carbocycles. The standard InChI is InChI=1S/C34H43N5O8S/c1-34(2,3)47-33(43)35-23-11-17-38(18-12-23)48(44,45)27-6-4-5-26(20-27)46-25-13-15-37(16-14-25)24-7-8-28-22(19-24)21-39(32(28)42)29-9-10-30(40)36-31(29)41/h4-8,19-20,23,25,29H,9-18,21H2,1-3H3,(H,35,43)(H,36,40,41). The van der Waals surface area contributed by atoms with Gasteiger partial charge in [0.05, 0.1) is 4.90 Å². The summed E-state index contributed by atoms with van der Waals surface area (Å²) in [5, 5.41) is 5.18. The van der Waals surface area contributed by atoms with E-state index in [4.69, 9.17) is 9.47 Å². The summed E-state index contributed by atoms with van der Waals surface area (Å²) in [6, 6.07) is 11.6. The van der Waals surface area contributed by atoms with Crippen molar-refractivity contribution in [1.82, 2.24) is 19.8 Å². The Kier molecular flexibility index (Phi) is 9.40. The maximum atomic E-state index is 13.5. The average Bonchev–Trinajstić information content (AvgIpc) is 3.36. The number of benzene rings is 2. The Morgan fingerprint density at radius 3 is 2.35 bits per heavy atom. The number of ether oxygens (including phenoxy) is 2. The third-order valence-corrected chi connectivity index (χ3v) is 11.1. The van der Waals surface area contributed by atoms with Crippen molar-refractivity contribution in [2.75, 3.05) is 31.1 Å². The highest BCUT2D eigenvalue weighted by atomic mass is 32.2. The van der Waals surface area contributed by atoms with Crippen LogP contribution >= 0.6 is 0 Å². The van der Waals surface area contributed by atoms with E-state index in [0.29, 0.717) is 37.1 Å². The van der Waals surface area contributed by atoms with Crippen LogP contribution in [0.2, 0.25) is 0 Å². The first-order valence-electron chi connectivity index (χ1n) is 16.6. The number of nitrogens with one attached hydrogen (secondary N) is 2. The van der Waals surface area contributed by atoms with Gasteiger partial charge in [-0.1, -0.05) is 6.07 Å². The number of amides is 4. The van der Waals surface area contributed by atoms with Crippen LogP contribution in [-0.2, 0) is 30.9 Å². The van der Waals surface area contributed by atoms with Crippen LogP contribution in [-0.4, -0.2) is 91.4 Å². The number of hydrogen-bond acceptors (Lipinski definition) is 9. The first-order chi connectivity index (χ1) is 22.8. The topological polar surface area (TPSA) is 155 Å². The predicted molar refractivity (Wildman–Crippen MR) is 176 cm³/mol. The van der Waals surface area contributed by atoms with Crippen LogP contribution in [0.15, 0.2) is 47.4 Å². The monoisotopic (exact) mass is 681 g/mol. The number of carbonyl (C=O) groups excluding carboxylic acids is 4. The molecule has 4 aliphatic rings. The molecule has 0 bridgehead atoms. The van der Waals surface area contributed by atoms with Crippen LogP contribution in [0.4, 0.5) is 10.5 Å². The minimum absolute atomic E-state index is 0.0899. The summed E-state index contributed by atoms with van der Waals surface area (Å²) >= 11 is 0. The zero-order chi connectivity index (χ0) is 34.2. The van der Waals surface area contributed by atoms with Gasteiger partial charge in [0.25, 0.3) is 5.91 Å².